The second kappa shape index (κ2) is 11.3. The molecule has 1 aromatic heterocycles. The van der Waals surface area contributed by atoms with Crippen LogP contribution in [-0.2, 0) is 17.1 Å². The number of anilines is 1. The molecule has 172 valence electrons. The number of methoxy groups -OCH3 is 1. The molecule has 33 heavy (non-hydrogen) atoms. The number of hydrogen-bond donors (Lipinski definition) is 1. The summed E-state index contributed by atoms with van der Waals surface area (Å²) in [5, 5.41) is 3.82. The second-order valence-corrected chi connectivity index (χ2v) is 9.16. The first kappa shape index (κ1) is 23.3. The van der Waals surface area contributed by atoms with E-state index in [1.807, 2.05) is 67.6 Å². The molecule has 0 aliphatic carbocycles. The molecule has 1 saturated heterocycles. The fourth-order valence-electron chi connectivity index (χ4n) is 3.91. The highest BCUT2D eigenvalue weighted by Crippen LogP contribution is 2.25. The Morgan fingerprint density at radius 1 is 1.09 bits per heavy atom. The average molecular weight is 463 g/mol. The quantitative estimate of drug-likeness (QED) is 0.356. The maximum atomic E-state index is 12.8. The molecule has 7 heteroatoms. The molecule has 1 aliphatic heterocycles. The first-order valence-electron chi connectivity index (χ1n) is 11.3. The first-order valence-corrected chi connectivity index (χ1v) is 12.3. The minimum absolute atomic E-state index is 0.0577. The van der Waals surface area contributed by atoms with Gasteiger partial charge in [-0.2, -0.15) is 0 Å². The van der Waals surface area contributed by atoms with Crippen molar-refractivity contribution in [3.05, 3.63) is 83.0 Å². The summed E-state index contributed by atoms with van der Waals surface area (Å²) in [6, 6.07) is 19.7. The van der Waals surface area contributed by atoms with Crippen LogP contribution in [-0.4, -0.2) is 36.1 Å². The number of carbonyl (C=O) groups is 1. The fourth-order valence-corrected chi connectivity index (χ4v) is 4.72. The van der Waals surface area contributed by atoms with Crippen LogP contribution in [0.3, 0.4) is 0 Å². The lowest BCUT2D eigenvalue weighted by Crippen LogP contribution is -2.26. The van der Waals surface area contributed by atoms with Crippen molar-refractivity contribution >= 4 is 23.5 Å². The number of aromatic nitrogens is 2. The van der Waals surface area contributed by atoms with Crippen LogP contribution in [0.2, 0.25) is 0 Å². The van der Waals surface area contributed by atoms with Gasteiger partial charge >= 0.3 is 0 Å². The van der Waals surface area contributed by atoms with E-state index in [4.69, 9.17) is 9.72 Å². The molecule has 1 N–H and O–H groups in total. The predicted molar refractivity (Wildman–Crippen MR) is 133 cm³/mol. The number of thioether (sulfide) groups is 1. The Morgan fingerprint density at radius 3 is 2.64 bits per heavy atom. The van der Waals surface area contributed by atoms with Crippen molar-refractivity contribution < 1.29 is 9.53 Å². The minimum Gasteiger partial charge on any atom is -0.378 e. The average Bonchev–Trinajstić information content (AvgIpc) is 3.39. The van der Waals surface area contributed by atoms with Crippen molar-refractivity contribution in [2.24, 2.45) is 0 Å². The molecular formula is C26H30N4O2S. The van der Waals surface area contributed by atoms with Gasteiger partial charge in [0.1, 0.15) is 5.82 Å². The third-order valence-corrected chi connectivity index (χ3v) is 6.59. The Balaban J connectivity index is 1.42. The molecule has 0 saturated carbocycles. The number of benzene rings is 2. The van der Waals surface area contributed by atoms with E-state index in [0.717, 1.165) is 40.9 Å². The van der Waals surface area contributed by atoms with E-state index in [0.29, 0.717) is 17.9 Å². The van der Waals surface area contributed by atoms with Crippen LogP contribution in [0.25, 0.3) is 0 Å². The lowest BCUT2D eigenvalue weighted by atomic mass is 10.1. The van der Waals surface area contributed by atoms with Gasteiger partial charge in [-0.3, -0.25) is 4.79 Å². The van der Waals surface area contributed by atoms with Crippen LogP contribution in [0.15, 0.2) is 65.8 Å². The Morgan fingerprint density at radius 2 is 1.88 bits per heavy atom. The summed E-state index contributed by atoms with van der Waals surface area (Å²) in [7, 11) is 1.68. The zero-order valence-corrected chi connectivity index (χ0v) is 20.0. The Labute approximate surface area is 199 Å². The minimum atomic E-state index is -0.0761. The summed E-state index contributed by atoms with van der Waals surface area (Å²) in [6.45, 7) is 4.53. The van der Waals surface area contributed by atoms with Gasteiger partial charge in [-0.05, 0) is 43.0 Å². The van der Waals surface area contributed by atoms with Crippen LogP contribution in [0.4, 0.5) is 5.82 Å². The number of ether oxygens (including phenoxy) is 1. The third kappa shape index (κ3) is 6.33. The largest absolute Gasteiger partial charge is 0.378 e. The van der Waals surface area contributed by atoms with Crippen molar-refractivity contribution in [3.8, 4) is 0 Å². The summed E-state index contributed by atoms with van der Waals surface area (Å²) >= 11 is 1.58. The Kier molecular flexibility index (Phi) is 7.96. The second-order valence-electron chi connectivity index (χ2n) is 8.22. The van der Waals surface area contributed by atoms with Gasteiger partial charge in [-0.25, -0.2) is 9.97 Å². The molecule has 0 bridgehead atoms. The molecule has 1 aliphatic rings. The maximum absolute atomic E-state index is 12.8. The lowest BCUT2D eigenvalue weighted by molar-refractivity contribution is 0.0940. The van der Waals surface area contributed by atoms with Gasteiger partial charge in [0.2, 0.25) is 0 Å². The summed E-state index contributed by atoms with van der Waals surface area (Å²) in [5.41, 5.74) is 3.69. The van der Waals surface area contributed by atoms with Crippen LogP contribution in [0, 0.1) is 0 Å². The zero-order chi connectivity index (χ0) is 23.0. The van der Waals surface area contributed by atoms with Crippen LogP contribution in [0.1, 0.15) is 53.0 Å². The van der Waals surface area contributed by atoms with Gasteiger partial charge in [0.25, 0.3) is 5.91 Å². The number of nitrogens with one attached hydrogen (secondary N) is 1. The standard InChI is InChI=1S/C26H30N4O2S/c1-19(21-10-4-3-5-11-21)27-25(31)22-12-8-9-20(15-22)18-33-26-28-23(17-32-2)16-24(29-26)30-13-6-7-14-30/h3-5,8-12,15-16,19H,6-7,13-14,17-18H2,1-2H3,(H,27,31)/t19-/m0/s1. The molecule has 1 fully saturated rings. The topological polar surface area (TPSA) is 67.3 Å². The Hall–Kier alpha value is -2.90. The zero-order valence-electron chi connectivity index (χ0n) is 19.2. The SMILES string of the molecule is COCc1cc(N2CCCC2)nc(SCc2cccc(C(=O)N[C@@H](C)c3ccccc3)c2)n1. The normalized spacial score (nSPS) is 14.3. The van der Waals surface area contributed by atoms with E-state index in [-0.39, 0.29) is 11.9 Å². The van der Waals surface area contributed by atoms with Crippen LogP contribution < -0.4 is 10.2 Å². The highest BCUT2D eigenvalue weighted by molar-refractivity contribution is 7.98. The van der Waals surface area contributed by atoms with Crippen molar-refractivity contribution in [1.29, 1.82) is 0 Å². The highest BCUT2D eigenvalue weighted by Gasteiger charge is 2.17. The van der Waals surface area contributed by atoms with Crippen LogP contribution in [0.5, 0.6) is 0 Å². The number of amides is 1. The van der Waals surface area contributed by atoms with Gasteiger partial charge in [-0.1, -0.05) is 54.2 Å². The fraction of sp³-hybridized carbons (Fsp3) is 0.346. The summed E-state index contributed by atoms with van der Waals surface area (Å²) in [4.78, 5) is 24.6. The monoisotopic (exact) mass is 462 g/mol. The van der Waals surface area contributed by atoms with Crippen LogP contribution >= 0.6 is 11.8 Å². The molecule has 0 spiro atoms. The molecule has 1 atom stereocenters. The molecule has 4 rings (SSSR count). The molecule has 6 nitrogen and oxygen atoms in total. The number of carbonyl (C=O) groups excluding carboxylic acids is 1. The van der Waals surface area contributed by atoms with Crippen molar-refractivity contribution in [3.63, 3.8) is 0 Å². The van der Waals surface area contributed by atoms with Crippen molar-refractivity contribution in [1.82, 2.24) is 15.3 Å². The Bertz CT molecular complexity index is 1070. The van der Waals surface area contributed by atoms with Gasteiger partial charge < -0.3 is 15.0 Å². The van der Waals surface area contributed by atoms with Gasteiger partial charge in [0.15, 0.2) is 5.16 Å². The van der Waals surface area contributed by atoms with Crippen molar-refractivity contribution in [2.75, 3.05) is 25.1 Å². The summed E-state index contributed by atoms with van der Waals surface area (Å²) in [5.74, 6) is 1.58. The van der Waals surface area contributed by atoms with Gasteiger partial charge in [0, 0.05) is 37.6 Å². The molecule has 0 radical (unpaired) electrons. The molecule has 2 heterocycles. The van der Waals surface area contributed by atoms with Gasteiger partial charge in [-0.15, -0.1) is 0 Å². The number of rotatable bonds is 9. The summed E-state index contributed by atoms with van der Waals surface area (Å²) in [6.07, 6.45) is 2.40. The van der Waals surface area contributed by atoms with Crippen molar-refractivity contribution in [2.45, 2.75) is 43.3 Å². The van der Waals surface area contributed by atoms with Gasteiger partial charge in [0.05, 0.1) is 18.3 Å². The first-order chi connectivity index (χ1) is 16.1. The molecular weight excluding hydrogens is 432 g/mol. The number of hydrogen-bond acceptors (Lipinski definition) is 6. The van der Waals surface area contributed by atoms with E-state index in [1.54, 1.807) is 18.9 Å². The molecule has 1 amide bonds. The third-order valence-electron chi connectivity index (χ3n) is 5.67. The van der Waals surface area contributed by atoms with E-state index in [1.165, 1.54) is 12.8 Å². The predicted octanol–water partition coefficient (Wildman–Crippen LogP) is 5.01. The van der Waals surface area contributed by atoms with E-state index in [9.17, 15) is 4.79 Å². The summed E-state index contributed by atoms with van der Waals surface area (Å²) < 4.78 is 5.31. The lowest BCUT2D eigenvalue weighted by Gasteiger charge is -2.18. The van der Waals surface area contributed by atoms with E-state index in [2.05, 4.69) is 15.2 Å². The number of nitrogens with zero attached hydrogens (tertiary/aromatic N) is 3. The van der Waals surface area contributed by atoms with E-state index >= 15 is 0 Å². The highest BCUT2D eigenvalue weighted by atomic mass is 32.2. The molecule has 0 unspecified atom stereocenters. The smallest absolute Gasteiger partial charge is 0.251 e. The maximum Gasteiger partial charge on any atom is 0.251 e. The van der Waals surface area contributed by atoms with E-state index < -0.39 is 0 Å². The molecule has 2 aromatic carbocycles. The molecule has 3 aromatic rings.